The molecule has 2 aromatic carbocycles. The Balaban J connectivity index is 1.46. The third-order valence-corrected chi connectivity index (χ3v) is 4.91. The summed E-state index contributed by atoms with van der Waals surface area (Å²) in [7, 11) is 0. The van der Waals surface area contributed by atoms with Crippen molar-refractivity contribution in [1.29, 1.82) is 0 Å². The minimum atomic E-state index is -0.388. The van der Waals surface area contributed by atoms with Crippen molar-refractivity contribution < 1.29 is 19.1 Å². The SMILES string of the molecule is C=CC(=O)NCC(=O)N1CCN(C(=O)OCc2ccc3cc(C)ccc3c2)CC1. The van der Waals surface area contributed by atoms with Crippen molar-refractivity contribution in [2.24, 2.45) is 0 Å². The molecule has 3 amide bonds. The number of amides is 3. The molecular weight excluding hydrogens is 370 g/mol. The van der Waals surface area contributed by atoms with E-state index in [-0.39, 0.29) is 31.1 Å². The van der Waals surface area contributed by atoms with Crippen molar-refractivity contribution in [3.8, 4) is 0 Å². The van der Waals surface area contributed by atoms with Gasteiger partial charge in [-0.05, 0) is 35.4 Å². The minimum absolute atomic E-state index is 0.0726. The summed E-state index contributed by atoms with van der Waals surface area (Å²) in [6, 6.07) is 12.3. The minimum Gasteiger partial charge on any atom is -0.445 e. The molecule has 7 heteroatoms. The first-order chi connectivity index (χ1) is 14.0. The van der Waals surface area contributed by atoms with Crippen LogP contribution in [0.3, 0.4) is 0 Å². The lowest BCUT2D eigenvalue weighted by Gasteiger charge is -2.34. The molecule has 0 radical (unpaired) electrons. The van der Waals surface area contributed by atoms with Gasteiger partial charge in [0.1, 0.15) is 6.61 Å². The monoisotopic (exact) mass is 395 g/mol. The Morgan fingerprint density at radius 3 is 2.41 bits per heavy atom. The number of fused-ring (bicyclic) bond motifs is 1. The second-order valence-corrected chi connectivity index (χ2v) is 7.03. The van der Waals surface area contributed by atoms with Crippen molar-refractivity contribution >= 4 is 28.7 Å². The van der Waals surface area contributed by atoms with Gasteiger partial charge < -0.3 is 19.9 Å². The van der Waals surface area contributed by atoms with Gasteiger partial charge >= 0.3 is 6.09 Å². The molecule has 0 unspecified atom stereocenters. The third-order valence-electron chi connectivity index (χ3n) is 4.91. The Morgan fingerprint density at radius 1 is 1.03 bits per heavy atom. The predicted octanol–water partition coefficient (Wildman–Crippen LogP) is 2.23. The summed E-state index contributed by atoms with van der Waals surface area (Å²) in [6.45, 7) is 7.15. The highest BCUT2D eigenvalue weighted by Gasteiger charge is 2.25. The van der Waals surface area contributed by atoms with Crippen LogP contribution in [-0.2, 0) is 20.9 Å². The number of nitrogens with one attached hydrogen (secondary N) is 1. The zero-order valence-corrected chi connectivity index (χ0v) is 16.5. The van der Waals surface area contributed by atoms with E-state index in [2.05, 4.69) is 37.0 Å². The molecule has 1 heterocycles. The highest BCUT2D eigenvalue weighted by atomic mass is 16.6. The summed E-state index contributed by atoms with van der Waals surface area (Å²) in [5.74, 6) is -0.566. The molecule has 2 aromatic rings. The number of benzene rings is 2. The van der Waals surface area contributed by atoms with Crippen molar-refractivity contribution in [3.63, 3.8) is 0 Å². The predicted molar refractivity (Wildman–Crippen MR) is 110 cm³/mol. The van der Waals surface area contributed by atoms with Gasteiger partial charge in [0.15, 0.2) is 0 Å². The van der Waals surface area contributed by atoms with Crippen LogP contribution in [0, 0.1) is 6.92 Å². The smallest absolute Gasteiger partial charge is 0.410 e. The Bertz CT molecular complexity index is 933. The van der Waals surface area contributed by atoms with Crippen molar-refractivity contribution in [2.45, 2.75) is 13.5 Å². The number of hydrogen-bond acceptors (Lipinski definition) is 4. The van der Waals surface area contributed by atoms with E-state index in [1.165, 1.54) is 5.56 Å². The average molecular weight is 395 g/mol. The van der Waals surface area contributed by atoms with Crippen LogP contribution in [0.25, 0.3) is 10.8 Å². The highest BCUT2D eigenvalue weighted by molar-refractivity contribution is 5.90. The van der Waals surface area contributed by atoms with Gasteiger partial charge in [0.25, 0.3) is 0 Å². The molecule has 3 rings (SSSR count). The maximum atomic E-state index is 12.3. The van der Waals surface area contributed by atoms with E-state index in [1.54, 1.807) is 9.80 Å². The molecule has 1 N–H and O–H groups in total. The van der Waals surface area contributed by atoms with Gasteiger partial charge in [0.05, 0.1) is 6.54 Å². The van der Waals surface area contributed by atoms with E-state index in [0.717, 1.165) is 22.4 Å². The van der Waals surface area contributed by atoms with Crippen LogP contribution in [0.4, 0.5) is 4.79 Å². The maximum Gasteiger partial charge on any atom is 0.410 e. The van der Waals surface area contributed by atoms with Crippen molar-refractivity contribution in [2.75, 3.05) is 32.7 Å². The van der Waals surface area contributed by atoms with Crippen LogP contribution in [0.2, 0.25) is 0 Å². The van der Waals surface area contributed by atoms with Gasteiger partial charge in [-0.1, -0.05) is 42.5 Å². The molecule has 0 bridgehead atoms. The summed E-state index contributed by atoms with van der Waals surface area (Å²) < 4.78 is 5.44. The average Bonchev–Trinajstić information content (AvgIpc) is 2.75. The summed E-state index contributed by atoms with van der Waals surface area (Å²) in [6.07, 6.45) is 0.735. The number of nitrogens with zero attached hydrogens (tertiary/aromatic N) is 2. The van der Waals surface area contributed by atoms with E-state index < -0.39 is 0 Å². The van der Waals surface area contributed by atoms with Crippen molar-refractivity contribution in [1.82, 2.24) is 15.1 Å². The summed E-state index contributed by atoms with van der Waals surface area (Å²) in [4.78, 5) is 38.8. The fourth-order valence-corrected chi connectivity index (χ4v) is 3.23. The van der Waals surface area contributed by atoms with Gasteiger partial charge in [0, 0.05) is 26.2 Å². The molecule has 1 saturated heterocycles. The van der Waals surface area contributed by atoms with Gasteiger partial charge in [-0.2, -0.15) is 0 Å². The second-order valence-electron chi connectivity index (χ2n) is 7.03. The highest BCUT2D eigenvalue weighted by Crippen LogP contribution is 2.18. The topological polar surface area (TPSA) is 79.0 Å². The Morgan fingerprint density at radius 2 is 1.69 bits per heavy atom. The second kappa shape index (κ2) is 9.23. The molecule has 1 aliphatic rings. The van der Waals surface area contributed by atoms with Crippen LogP contribution < -0.4 is 5.32 Å². The Hall–Kier alpha value is -3.35. The molecule has 29 heavy (non-hydrogen) atoms. The van der Waals surface area contributed by atoms with Gasteiger partial charge in [-0.25, -0.2) is 4.79 Å². The molecule has 1 aliphatic heterocycles. The lowest BCUT2D eigenvalue weighted by atomic mass is 10.1. The molecule has 1 fully saturated rings. The quantitative estimate of drug-likeness (QED) is 0.788. The Labute approximate surface area is 169 Å². The van der Waals surface area contributed by atoms with E-state index in [9.17, 15) is 14.4 Å². The zero-order valence-electron chi connectivity index (χ0n) is 16.5. The van der Waals surface area contributed by atoms with Crippen molar-refractivity contribution in [3.05, 3.63) is 60.2 Å². The van der Waals surface area contributed by atoms with E-state index in [4.69, 9.17) is 4.74 Å². The first-order valence-electron chi connectivity index (χ1n) is 9.55. The first-order valence-corrected chi connectivity index (χ1v) is 9.55. The standard InChI is InChI=1S/C22H25N3O4/c1-3-20(26)23-14-21(27)24-8-10-25(11-9-24)22(28)29-15-17-5-7-18-12-16(2)4-6-19(18)13-17/h3-7,12-13H,1,8-11,14-15H2,2H3,(H,23,26). The van der Waals surface area contributed by atoms with Gasteiger partial charge in [-0.3, -0.25) is 9.59 Å². The van der Waals surface area contributed by atoms with Crippen LogP contribution in [0.5, 0.6) is 0 Å². The summed E-state index contributed by atoms with van der Waals surface area (Å²) >= 11 is 0. The number of rotatable bonds is 5. The lowest BCUT2D eigenvalue weighted by Crippen LogP contribution is -2.52. The van der Waals surface area contributed by atoms with Crippen LogP contribution in [0.1, 0.15) is 11.1 Å². The molecule has 7 nitrogen and oxygen atoms in total. The lowest BCUT2D eigenvalue weighted by molar-refractivity contribution is -0.133. The number of piperazine rings is 1. The number of carbonyl (C=O) groups excluding carboxylic acids is 3. The van der Waals surface area contributed by atoms with Crippen LogP contribution in [-0.4, -0.2) is 60.4 Å². The molecule has 0 aliphatic carbocycles. The molecule has 152 valence electrons. The molecular formula is C22H25N3O4. The first kappa shape index (κ1) is 20.4. The number of ether oxygens (including phenoxy) is 1. The van der Waals surface area contributed by atoms with Crippen LogP contribution >= 0.6 is 0 Å². The zero-order chi connectivity index (χ0) is 20.8. The molecule has 0 spiro atoms. The summed E-state index contributed by atoms with van der Waals surface area (Å²) in [5, 5.41) is 4.73. The number of aryl methyl sites for hydroxylation is 1. The fraction of sp³-hybridized carbons (Fsp3) is 0.318. The van der Waals surface area contributed by atoms with Gasteiger partial charge in [0.2, 0.25) is 11.8 Å². The summed E-state index contributed by atoms with van der Waals surface area (Å²) in [5.41, 5.74) is 2.14. The Kier molecular flexibility index (Phi) is 6.49. The van der Waals surface area contributed by atoms with E-state index in [1.807, 2.05) is 18.2 Å². The van der Waals surface area contributed by atoms with E-state index >= 15 is 0 Å². The number of carbonyl (C=O) groups is 3. The van der Waals surface area contributed by atoms with E-state index in [0.29, 0.717) is 26.2 Å². The third kappa shape index (κ3) is 5.34. The van der Waals surface area contributed by atoms with Crippen LogP contribution in [0.15, 0.2) is 49.1 Å². The maximum absolute atomic E-state index is 12.3. The number of hydrogen-bond donors (Lipinski definition) is 1. The molecule has 0 aromatic heterocycles. The molecule has 0 saturated carbocycles. The molecule has 0 atom stereocenters. The largest absolute Gasteiger partial charge is 0.445 e. The normalized spacial score (nSPS) is 13.8. The van der Waals surface area contributed by atoms with Gasteiger partial charge in [-0.15, -0.1) is 0 Å². The fourth-order valence-electron chi connectivity index (χ4n) is 3.23.